The number of amides is 1. The maximum atomic E-state index is 11.7. The van der Waals surface area contributed by atoms with Gasteiger partial charge in [0.1, 0.15) is 11.6 Å². The molecule has 0 radical (unpaired) electrons. The third kappa shape index (κ3) is 4.11. The first-order valence-electron chi connectivity index (χ1n) is 10.00. The maximum absolute atomic E-state index is 11.7. The molecule has 1 aromatic carbocycles. The Hall–Kier alpha value is -3.03. The summed E-state index contributed by atoms with van der Waals surface area (Å²) in [5, 5.41) is 15.3. The summed E-state index contributed by atoms with van der Waals surface area (Å²) >= 11 is 12.6. The topological polar surface area (TPSA) is 83.4 Å². The lowest BCUT2D eigenvalue weighted by Crippen LogP contribution is -2.10. The van der Waals surface area contributed by atoms with Crippen molar-refractivity contribution in [2.75, 3.05) is 10.6 Å². The Morgan fingerprint density at radius 1 is 1.29 bits per heavy atom. The highest BCUT2D eigenvalue weighted by Gasteiger charge is 2.24. The molecule has 3 aromatic rings. The highest BCUT2D eigenvalue weighted by molar-refractivity contribution is 6.36. The molecule has 1 aliphatic heterocycles. The molecular formula is C22H20Cl2N6O. The number of fused-ring (bicyclic) bond motifs is 1. The smallest absolute Gasteiger partial charge is 0.228 e. The maximum Gasteiger partial charge on any atom is 0.228 e. The molecule has 1 saturated carbocycles. The SMILES string of the molecule is C=C1NC(=O)C/C1=C\c1cnn2c(NC3CC3)cc(NCc3c(Cl)cccc3Cl)nc12. The summed E-state index contributed by atoms with van der Waals surface area (Å²) in [5.41, 5.74) is 3.75. The van der Waals surface area contributed by atoms with E-state index >= 15 is 0 Å². The van der Waals surface area contributed by atoms with Gasteiger partial charge in [-0.1, -0.05) is 35.8 Å². The van der Waals surface area contributed by atoms with Crippen LogP contribution in [0.25, 0.3) is 11.7 Å². The molecular weight excluding hydrogens is 435 g/mol. The minimum atomic E-state index is -0.0595. The van der Waals surface area contributed by atoms with Crippen molar-refractivity contribution in [2.45, 2.75) is 31.8 Å². The van der Waals surface area contributed by atoms with Gasteiger partial charge in [-0.15, -0.1) is 0 Å². The van der Waals surface area contributed by atoms with Crippen molar-refractivity contribution >= 4 is 52.5 Å². The molecule has 1 saturated heterocycles. The monoisotopic (exact) mass is 454 g/mol. The lowest BCUT2D eigenvalue weighted by molar-refractivity contribution is -0.118. The number of anilines is 2. The summed E-state index contributed by atoms with van der Waals surface area (Å²) in [7, 11) is 0. The second kappa shape index (κ2) is 7.90. The minimum Gasteiger partial charge on any atom is -0.367 e. The first kappa shape index (κ1) is 19.9. The molecule has 0 unspecified atom stereocenters. The number of hydrogen-bond donors (Lipinski definition) is 3. The van der Waals surface area contributed by atoms with Crippen LogP contribution in [0.15, 0.2) is 48.3 Å². The molecule has 0 atom stereocenters. The summed E-state index contributed by atoms with van der Waals surface area (Å²) in [6.45, 7) is 4.35. The third-order valence-corrected chi connectivity index (χ3v) is 6.00. The Balaban J connectivity index is 1.51. The van der Waals surface area contributed by atoms with E-state index in [0.717, 1.165) is 35.4 Å². The molecule has 2 aliphatic rings. The van der Waals surface area contributed by atoms with E-state index in [2.05, 4.69) is 27.6 Å². The number of aromatic nitrogens is 3. The van der Waals surface area contributed by atoms with Crippen molar-refractivity contribution in [1.82, 2.24) is 19.9 Å². The largest absolute Gasteiger partial charge is 0.367 e. The van der Waals surface area contributed by atoms with Crippen LogP contribution in [0.4, 0.5) is 11.6 Å². The Bertz CT molecular complexity index is 1220. The van der Waals surface area contributed by atoms with Gasteiger partial charge in [0.05, 0.1) is 12.6 Å². The molecule has 31 heavy (non-hydrogen) atoms. The van der Waals surface area contributed by atoms with Crippen LogP contribution in [0.5, 0.6) is 0 Å². The van der Waals surface area contributed by atoms with Crippen molar-refractivity contribution < 1.29 is 4.79 Å². The van der Waals surface area contributed by atoms with Gasteiger partial charge in [0.25, 0.3) is 0 Å². The molecule has 0 spiro atoms. The first-order valence-corrected chi connectivity index (χ1v) is 10.8. The number of halogens is 2. The molecule has 2 fully saturated rings. The van der Waals surface area contributed by atoms with Crippen molar-refractivity contribution in [3.8, 4) is 0 Å². The third-order valence-electron chi connectivity index (χ3n) is 5.30. The fourth-order valence-electron chi connectivity index (χ4n) is 3.49. The van der Waals surface area contributed by atoms with Crippen LogP contribution in [0.2, 0.25) is 10.0 Å². The van der Waals surface area contributed by atoms with E-state index in [1.807, 2.05) is 30.3 Å². The molecule has 3 N–H and O–H groups in total. The van der Waals surface area contributed by atoms with Gasteiger partial charge in [0.2, 0.25) is 5.91 Å². The van der Waals surface area contributed by atoms with E-state index in [1.165, 1.54) is 0 Å². The molecule has 2 aromatic heterocycles. The first-order chi connectivity index (χ1) is 15.0. The molecule has 0 bridgehead atoms. The average Bonchev–Trinajstić information content (AvgIpc) is 3.36. The Kier molecular flexibility index (Phi) is 5.08. The Labute approximate surface area is 189 Å². The number of carbonyl (C=O) groups is 1. The predicted octanol–water partition coefficient (Wildman–Crippen LogP) is 4.64. The van der Waals surface area contributed by atoms with Crippen LogP contribution in [0, 0.1) is 0 Å². The lowest BCUT2D eigenvalue weighted by atomic mass is 10.1. The minimum absolute atomic E-state index is 0.0595. The zero-order valence-corrected chi connectivity index (χ0v) is 18.1. The molecule has 3 heterocycles. The Morgan fingerprint density at radius 3 is 2.74 bits per heavy atom. The summed E-state index contributed by atoms with van der Waals surface area (Å²) in [5.74, 6) is 1.46. The number of rotatable bonds is 6. The van der Waals surface area contributed by atoms with Gasteiger partial charge >= 0.3 is 0 Å². The standard InChI is InChI=1S/C22H20Cl2N6O/c1-12-13(8-21(31)27-12)7-14-10-26-30-20(28-15-5-6-15)9-19(29-22(14)30)25-11-16-17(23)3-2-4-18(16)24/h2-4,7,9-10,15,28H,1,5-6,8,11H2,(H,25,29)(H,27,31)/b13-7+. The number of carbonyl (C=O) groups excluding carboxylic acids is 1. The van der Waals surface area contributed by atoms with Crippen LogP contribution in [0.1, 0.15) is 30.4 Å². The summed E-state index contributed by atoms with van der Waals surface area (Å²) in [6, 6.07) is 7.82. The van der Waals surface area contributed by atoms with Crippen molar-refractivity contribution in [1.29, 1.82) is 0 Å². The molecule has 5 rings (SSSR count). The van der Waals surface area contributed by atoms with Crippen molar-refractivity contribution in [3.05, 3.63) is 69.5 Å². The van der Waals surface area contributed by atoms with E-state index in [-0.39, 0.29) is 5.91 Å². The van der Waals surface area contributed by atoms with Crippen LogP contribution in [-0.4, -0.2) is 26.5 Å². The summed E-state index contributed by atoms with van der Waals surface area (Å²) < 4.78 is 1.78. The quantitative estimate of drug-likeness (QED) is 0.505. The Morgan fingerprint density at radius 2 is 2.06 bits per heavy atom. The predicted molar refractivity (Wildman–Crippen MR) is 123 cm³/mol. The van der Waals surface area contributed by atoms with Gasteiger partial charge in [0, 0.05) is 45.5 Å². The summed E-state index contributed by atoms with van der Waals surface area (Å²) in [4.78, 5) is 16.4. The van der Waals surface area contributed by atoms with Gasteiger partial charge in [-0.3, -0.25) is 4.79 Å². The van der Waals surface area contributed by atoms with Gasteiger partial charge in [-0.05, 0) is 36.6 Å². The number of nitrogens with one attached hydrogen (secondary N) is 3. The number of nitrogens with zero attached hydrogens (tertiary/aromatic N) is 3. The lowest BCUT2D eigenvalue weighted by Gasteiger charge is -2.13. The normalized spacial score (nSPS) is 17.4. The molecule has 7 nitrogen and oxygen atoms in total. The van der Waals surface area contributed by atoms with Crippen LogP contribution >= 0.6 is 23.2 Å². The van der Waals surface area contributed by atoms with E-state index in [9.17, 15) is 4.79 Å². The number of hydrogen-bond acceptors (Lipinski definition) is 5. The molecule has 1 amide bonds. The van der Waals surface area contributed by atoms with Gasteiger partial charge in [0.15, 0.2) is 5.65 Å². The summed E-state index contributed by atoms with van der Waals surface area (Å²) in [6.07, 6.45) is 6.22. The second-order valence-corrected chi connectivity index (χ2v) is 8.52. The fraction of sp³-hybridized carbons (Fsp3) is 0.227. The van der Waals surface area contributed by atoms with Crippen LogP contribution < -0.4 is 16.0 Å². The van der Waals surface area contributed by atoms with E-state index in [1.54, 1.807) is 10.7 Å². The van der Waals surface area contributed by atoms with Gasteiger partial charge in [-0.25, -0.2) is 4.98 Å². The highest BCUT2D eigenvalue weighted by atomic mass is 35.5. The van der Waals surface area contributed by atoms with Crippen molar-refractivity contribution in [3.63, 3.8) is 0 Å². The van der Waals surface area contributed by atoms with E-state index < -0.39 is 0 Å². The molecule has 1 aliphatic carbocycles. The number of allylic oxidation sites excluding steroid dienone is 1. The fourth-order valence-corrected chi connectivity index (χ4v) is 4.02. The second-order valence-electron chi connectivity index (χ2n) is 7.71. The molecule has 9 heteroatoms. The van der Waals surface area contributed by atoms with Crippen LogP contribution in [0.3, 0.4) is 0 Å². The zero-order chi connectivity index (χ0) is 21.5. The van der Waals surface area contributed by atoms with E-state index in [0.29, 0.717) is 46.2 Å². The molecule has 158 valence electrons. The van der Waals surface area contributed by atoms with Gasteiger partial charge < -0.3 is 16.0 Å². The number of benzene rings is 1. The zero-order valence-electron chi connectivity index (χ0n) is 16.6. The van der Waals surface area contributed by atoms with Gasteiger partial charge in [-0.2, -0.15) is 9.61 Å². The van der Waals surface area contributed by atoms with E-state index in [4.69, 9.17) is 28.2 Å². The van der Waals surface area contributed by atoms with Crippen molar-refractivity contribution in [2.24, 2.45) is 0 Å². The highest BCUT2D eigenvalue weighted by Crippen LogP contribution is 2.30. The van der Waals surface area contributed by atoms with Crippen LogP contribution in [-0.2, 0) is 11.3 Å². The average molecular weight is 455 g/mol.